The van der Waals surface area contributed by atoms with Crippen LogP contribution in [0.25, 0.3) is 0 Å². The van der Waals surface area contributed by atoms with Gasteiger partial charge in [0, 0.05) is 17.7 Å². The van der Waals surface area contributed by atoms with Crippen LogP contribution in [0.15, 0.2) is 66.7 Å². The van der Waals surface area contributed by atoms with Crippen LogP contribution in [0.4, 0.5) is 5.69 Å². The first-order chi connectivity index (χ1) is 11.4. The molecule has 2 aromatic carbocycles. The van der Waals surface area contributed by atoms with E-state index >= 15 is 0 Å². The Morgan fingerprint density at radius 3 is 2.42 bits per heavy atom. The number of benzene rings is 2. The van der Waals surface area contributed by atoms with E-state index in [2.05, 4.69) is 6.58 Å². The van der Waals surface area contributed by atoms with Gasteiger partial charge in [-0.05, 0) is 13.0 Å². The lowest BCUT2D eigenvalue weighted by Crippen LogP contribution is -2.42. The summed E-state index contributed by atoms with van der Waals surface area (Å²) in [6.07, 6.45) is -0.278. The molecule has 0 radical (unpaired) electrons. The van der Waals surface area contributed by atoms with E-state index in [9.17, 15) is 14.7 Å². The molecule has 1 aliphatic rings. The number of amides is 1. The predicted molar refractivity (Wildman–Crippen MR) is 92.9 cm³/mol. The Morgan fingerprint density at radius 1 is 1.12 bits per heavy atom. The largest absolute Gasteiger partial charge is 0.375 e. The number of anilines is 1. The highest BCUT2D eigenvalue weighted by molar-refractivity contribution is 6.10. The topological polar surface area (TPSA) is 57.6 Å². The molecule has 1 amide bonds. The second-order valence-corrected chi connectivity index (χ2v) is 6.19. The second-order valence-electron chi connectivity index (χ2n) is 6.19. The summed E-state index contributed by atoms with van der Waals surface area (Å²) in [5, 5.41) is 11.1. The lowest BCUT2D eigenvalue weighted by atomic mass is 9.88. The molecule has 1 unspecified atom stereocenters. The molecule has 3 rings (SSSR count). The van der Waals surface area contributed by atoms with Crippen LogP contribution < -0.4 is 4.90 Å². The molecule has 0 fully saturated rings. The monoisotopic (exact) mass is 321 g/mol. The molecule has 1 aliphatic heterocycles. The summed E-state index contributed by atoms with van der Waals surface area (Å²) in [6, 6.07) is 15.7. The summed E-state index contributed by atoms with van der Waals surface area (Å²) in [6.45, 7) is 5.98. The zero-order valence-electron chi connectivity index (χ0n) is 13.5. The first-order valence-electron chi connectivity index (χ1n) is 7.80. The Morgan fingerprint density at radius 2 is 1.75 bits per heavy atom. The molecule has 1 atom stereocenters. The summed E-state index contributed by atoms with van der Waals surface area (Å²) in [7, 11) is 0. The first-order valence-corrected chi connectivity index (χ1v) is 7.80. The second kappa shape index (κ2) is 6.06. The third-order valence-corrected chi connectivity index (χ3v) is 4.18. The highest BCUT2D eigenvalue weighted by Gasteiger charge is 2.50. The van der Waals surface area contributed by atoms with Gasteiger partial charge in [-0.15, -0.1) is 0 Å². The van der Waals surface area contributed by atoms with Crippen molar-refractivity contribution in [3.05, 3.63) is 77.9 Å². The van der Waals surface area contributed by atoms with Crippen LogP contribution in [-0.4, -0.2) is 23.3 Å². The van der Waals surface area contributed by atoms with Crippen molar-refractivity contribution in [1.29, 1.82) is 0 Å². The van der Waals surface area contributed by atoms with Crippen molar-refractivity contribution >= 4 is 17.4 Å². The van der Waals surface area contributed by atoms with Gasteiger partial charge in [0.05, 0.1) is 12.1 Å². The fourth-order valence-electron chi connectivity index (χ4n) is 3.06. The molecule has 0 spiro atoms. The molecule has 1 heterocycles. The Hall–Kier alpha value is -2.72. The maximum absolute atomic E-state index is 12.9. The molecular weight excluding hydrogens is 302 g/mol. The lowest BCUT2D eigenvalue weighted by molar-refractivity contribution is -0.135. The average molecular weight is 321 g/mol. The van der Waals surface area contributed by atoms with Crippen molar-refractivity contribution in [3.63, 3.8) is 0 Å². The standard InChI is InChI=1S/C20H19NO3/c1-14(2)13-21-17-11-7-6-10-16(17)20(24,19(21)23)12-18(22)15-8-4-3-5-9-15/h3-11,24H,1,12-13H2,2H3. The van der Waals surface area contributed by atoms with Crippen LogP contribution in [0.3, 0.4) is 0 Å². The van der Waals surface area contributed by atoms with E-state index in [-0.39, 0.29) is 12.2 Å². The molecule has 24 heavy (non-hydrogen) atoms. The zero-order chi connectivity index (χ0) is 17.3. The third-order valence-electron chi connectivity index (χ3n) is 4.18. The number of fused-ring (bicyclic) bond motifs is 1. The smallest absolute Gasteiger partial charge is 0.264 e. The molecule has 2 aromatic rings. The number of aliphatic hydroxyl groups is 1. The SMILES string of the molecule is C=C(C)CN1C(=O)C(O)(CC(=O)c2ccccc2)c2ccccc21. The molecule has 122 valence electrons. The van der Waals surface area contributed by atoms with Crippen molar-refractivity contribution in [2.24, 2.45) is 0 Å². The Kier molecular flexibility index (Phi) is 4.08. The predicted octanol–water partition coefficient (Wildman–Crippen LogP) is 3.07. The maximum atomic E-state index is 12.9. The number of hydrogen-bond acceptors (Lipinski definition) is 3. The first kappa shape index (κ1) is 16.1. The summed E-state index contributed by atoms with van der Waals surface area (Å²) in [4.78, 5) is 26.9. The minimum atomic E-state index is -1.83. The molecule has 0 aromatic heterocycles. The number of carbonyl (C=O) groups is 2. The van der Waals surface area contributed by atoms with Gasteiger partial charge in [-0.3, -0.25) is 9.59 Å². The maximum Gasteiger partial charge on any atom is 0.264 e. The van der Waals surface area contributed by atoms with E-state index in [1.54, 1.807) is 42.5 Å². The molecule has 4 heteroatoms. The van der Waals surface area contributed by atoms with Crippen LogP contribution in [0.1, 0.15) is 29.3 Å². The van der Waals surface area contributed by atoms with Crippen LogP contribution >= 0.6 is 0 Å². The number of carbonyl (C=O) groups excluding carboxylic acids is 2. The highest BCUT2D eigenvalue weighted by Crippen LogP contribution is 2.43. The molecule has 0 saturated heterocycles. The fourth-order valence-corrected chi connectivity index (χ4v) is 3.06. The van der Waals surface area contributed by atoms with Crippen LogP contribution in [0, 0.1) is 0 Å². The lowest BCUT2D eigenvalue weighted by Gasteiger charge is -2.22. The van der Waals surface area contributed by atoms with Gasteiger partial charge in [-0.1, -0.05) is 60.7 Å². The van der Waals surface area contributed by atoms with Gasteiger partial charge in [-0.2, -0.15) is 0 Å². The van der Waals surface area contributed by atoms with E-state index < -0.39 is 11.5 Å². The van der Waals surface area contributed by atoms with Gasteiger partial charge in [0.1, 0.15) is 0 Å². The molecule has 1 N–H and O–H groups in total. The van der Waals surface area contributed by atoms with Crippen molar-refractivity contribution in [3.8, 4) is 0 Å². The van der Waals surface area contributed by atoms with Gasteiger partial charge in [0.15, 0.2) is 11.4 Å². The minimum Gasteiger partial charge on any atom is -0.375 e. The number of ketones is 1. The van der Waals surface area contributed by atoms with Gasteiger partial charge in [0.25, 0.3) is 5.91 Å². The molecular formula is C20H19NO3. The minimum absolute atomic E-state index is 0.265. The normalized spacial score (nSPS) is 19.2. The number of rotatable bonds is 5. The molecule has 4 nitrogen and oxygen atoms in total. The number of Topliss-reactive ketones (excluding diaryl/α,β-unsaturated/α-hetero) is 1. The van der Waals surface area contributed by atoms with Gasteiger partial charge in [0.2, 0.25) is 0 Å². The summed E-state index contributed by atoms with van der Waals surface area (Å²) in [5.74, 6) is -0.741. The van der Waals surface area contributed by atoms with Crippen molar-refractivity contribution in [2.75, 3.05) is 11.4 Å². The molecule has 0 aliphatic carbocycles. The van der Waals surface area contributed by atoms with E-state index in [4.69, 9.17) is 0 Å². The summed E-state index contributed by atoms with van der Waals surface area (Å²) in [5.41, 5.74) is 0.555. The number of hydrogen-bond donors (Lipinski definition) is 1. The molecule has 0 bridgehead atoms. The van der Waals surface area contributed by atoms with E-state index in [0.29, 0.717) is 23.4 Å². The number of nitrogens with zero attached hydrogens (tertiary/aromatic N) is 1. The van der Waals surface area contributed by atoms with Crippen LogP contribution in [0.5, 0.6) is 0 Å². The molecule has 0 saturated carbocycles. The van der Waals surface area contributed by atoms with E-state index in [0.717, 1.165) is 5.57 Å². The van der Waals surface area contributed by atoms with E-state index in [1.807, 2.05) is 19.1 Å². The van der Waals surface area contributed by atoms with Gasteiger partial charge < -0.3 is 10.0 Å². The van der Waals surface area contributed by atoms with Gasteiger partial charge >= 0.3 is 0 Å². The summed E-state index contributed by atoms with van der Waals surface area (Å²) < 4.78 is 0. The Balaban J connectivity index is 1.98. The van der Waals surface area contributed by atoms with Crippen LogP contribution in [-0.2, 0) is 10.4 Å². The number of para-hydroxylation sites is 1. The zero-order valence-corrected chi connectivity index (χ0v) is 13.5. The van der Waals surface area contributed by atoms with E-state index in [1.165, 1.54) is 4.90 Å². The van der Waals surface area contributed by atoms with Crippen molar-refractivity contribution < 1.29 is 14.7 Å². The van der Waals surface area contributed by atoms with Crippen molar-refractivity contribution in [2.45, 2.75) is 18.9 Å². The third kappa shape index (κ3) is 2.65. The quantitative estimate of drug-likeness (QED) is 0.680. The Bertz CT molecular complexity index is 813. The highest BCUT2D eigenvalue weighted by atomic mass is 16.3. The van der Waals surface area contributed by atoms with Crippen LogP contribution in [0.2, 0.25) is 0 Å². The Labute approximate surface area is 141 Å². The average Bonchev–Trinajstić information content (AvgIpc) is 2.78. The van der Waals surface area contributed by atoms with Crippen molar-refractivity contribution in [1.82, 2.24) is 0 Å². The fraction of sp³-hybridized carbons (Fsp3) is 0.200. The summed E-state index contributed by atoms with van der Waals surface area (Å²) >= 11 is 0. The van der Waals surface area contributed by atoms with Gasteiger partial charge in [-0.25, -0.2) is 0 Å².